The molecule has 87 heavy (non-hydrogen) atoms. The van der Waals surface area contributed by atoms with E-state index in [1.54, 1.807) is 0 Å². The van der Waals surface area contributed by atoms with Gasteiger partial charge < -0.3 is 11.0 Å². The quantitative estimate of drug-likeness (QED) is 0.0513. The molecular formula is C57H33AlF28Zr. The minimum atomic E-state index is -10.3. The van der Waals surface area contributed by atoms with Crippen molar-refractivity contribution in [2.45, 2.75) is 69.2 Å². The summed E-state index contributed by atoms with van der Waals surface area (Å²) in [6.07, 6.45) is 0. The molecule has 2 fully saturated rings. The molecule has 8 rings (SSSR count). The van der Waals surface area contributed by atoms with Gasteiger partial charge in [0.2, 0.25) is 17.5 Å². The molecule has 464 valence electrons. The second kappa shape index (κ2) is 26.7. The summed E-state index contributed by atoms with van der Waals surface area (Å²) in [4.78, 5) is 0. The van der Waals surface area contributed by atoms with Crippen LogP contribution < -0.4 is 13.3 Å². The first-order chi connectivity index (χ1) is 39.1. The van der Waals surface area contributed by atoms with Crippen molar-refractivity contribution in [1.29, 1.82) is 0 Å². The Balaban J connectivity index is 0.000000619. The molecule has 2 saturated carbocycles. The zero-order valence-electron chi connectivity index (χ0n) is 45.7. The molecule has 10 radical (unpaired) electrons. The fourth-order valence-electron chi connectivity index (χ4n) is 9.52. The Morgan fingerprint density at radius 1 is 0.161 bits per heavy atom. The third-order valence-corrected chi connectivity index (χ3v) is 19.1. The van der Waals surface area contributed by atoms with E-state index in [2.05, 4.69) is 69.2 Å². The number of hydrogen-bond donors (Lipinski definition) is 0. The summed E-state index contributed by atoms with van der Waals surface area (Å²) in [6.45, 7) is 22.0. The molecule has 0 nitrogen and oxygen atoms in total. The predicted molar refractivity (Wildman–Crippen MR) is 256 cm³/mol. The van der Waals surface area contributed by atoms with Crippen molar-refractivity contribution in [3.63, 3.8) is 0 Å². The van der Waals surface area contributed by atoms with E-state index in [-0.39, 0.29) is 33.6 Å². The van der Waals surface area contributed by atoms with Gasteiger partial charge in [0.15, 0.2) is 122 Å². The van der Waals surface area contributed by atoms with E-state index in [9.17, 15) is 39.5 Å². The van der Waals surface area contributed by atoms with E-state index in [1.165, 1.54) is 59.2 Å². The van der Waals surface area contributed by atoms with Gasteiger partial charge in [0.1, 0.15) is 17.5 Å². The van der Waals surface area contributed by atoms with Crippen LogP contribution in [0.2, 0.25) is 0 Å². The SMILES string of the molecule is C[C]1[C](C)[C](C)[C](C)[C]1C.C[C]1[C](C)[C](C)[C](C)[C]1C.Fc1c(F)c(F)c(-c2c(F)c(F)c(F)c(F)[c]2[Al-]([F])([c]2c(F)c(F)c(F)c(F)c2-c2c(F)c(F)c(F)c(F)c2F)[c]2c(F)c(F)c(F)c(F)c2-c2c(F)c(F)c(F)c(F)c2F)c(F)c1F.[CH3-].[Zr+2]. The third-order valence-electron chi connectivity index (χ3n) is 15.1. The number of benzene rings is 6. The molecule has 0 atom stereocenters. The topological polar surface area (TPSA) is 0 Å². The van der Waals surface area contributed by atoms with Gasteiger partial charge in [-0.2, -0.15) is 0 Å². The van der Waals surface area contributed by atoms with Gasteiger partial charge in [-0.1, -0.05) is 69.2 Å². The molecule has 0 N–H and O–H groups in total. The van der Waals surface area contributed by atoms with E-state index in [0.717, 1.165) is 0 Å². The molecule has 6 aromatic rings. The number of halogens is 28. The standard InChI is InChI=1S/3C12F9.2C10H15.CH3.Al.FH.Zr/c3*13-3-1-2(5(14)9(18)6(3)15)4-7(16)10(19)12(21)11(20)8(4)17;2*1-6-7(2)9(4)10(5)8(6)3;;;;/h;;;2*1-5H3;1H3;;1H;/q;;;;;-1;;;+2/p-1. The minimum absolute atomic E-state index is 0. The first-order valence-corrected chi connectivity index (χ1v) is 25.6. The van der Waals surface area contributed by atoms with Crippen molar-refractivity contribution in [3.05, 3.63) is 224 Å². The zero-order valence-corrected chi connectivity index (χ0v) is 49.3. The maximum Gasteiger partial charge on any atom is 2.00 e. The third kappa shape index (κ3) is 11.5. The number of hydrogen-bond acceptors (Lipinski definition) is 0. The van der Waals surface area contributed by atoms with Crippen molar-refractivity contribution in [3.8, 4) is 33.4 Å². The van der Waals surface area contributed by atoms with Gasteiger partial charge >= 0.3 is 39.7 Å². The van der Waals surface area contributed by atoms with Gasteiger partial charge in [-0.05, 0) is 75.9 Å². The van der Waals surface area contributed by atoms with Crippen molar-refractivity contribution < 1.29 is 148 Å². The number of rotatable bonds is 6. The van der Waals surface area contributed by atoms with Crippen LogP contribution in [-0.2, 0) is 26.2 Å². The van der Waals surface area contributed by atoms with Crippen LogP contribution in [0.1, 0.15) is 69.2 Å². The molecule has 2 aliphatic carbocycles. The van der Waals surface area contributed by atoms with Gasteiger partial charge in [0, 0.05) is 0 Å². The van der Waals surface area contributed by atoms with Crippen LogP contribution in [-0.4, -0.2) is 13.5 Å². The molecule has 0 aliphatic heterocycles. The molecule has 2 aliphatic rings. The van der Waals surface area contributed by atoms with Gasteiger partial charge in [0.25, 0.3) is 0 Å². The first kappa shape index (κ1) is 74.2. The molecule has 0 spiro atoms. The Labute approximate surface area is 499 Å². The fraction of sp³-hybridized carbons (Fsp3) is 0.175. The molecule has 0 bridgehead atoms. The summed E-state index contributed by atoms with van der Waals surface area (Å²) in [5, 5.41) is 0. The maximum absolute atomic E-state index is 19.3. The van der Waals surface area contributed by atoms with E-state index >= 15 is 82.6 Å². The molecule has 0 unspecified atom stereocenters. The van der Waals surface area contributed by atoms with Crippen molar-refractivity contribution >= 4 is 26.8 Å². The Bertz CT molecular complexity index is 3180. The van der Waals surface area contributed by atoms with E-state index < -0.39 is 217 Å². The minimum Gasteiger partial charge on any atom is -0.581 e. The summed E-state index contributed by atoms with van der Waals surface area (Å²) in [5.41, 5.74) is -21.8. The maximum atomic E-state index is 19.3. The van der Waals surface area contributed by atoms with E-state index in [0.29, 0.717) is 0 Å². The summed E-state index contributed by atoms with van der Waals surface area (Å²) >= 11 is -10.3. The van der Waals surface area contributed by atoms with Gasteiger partial charge in [-0.15, -0.1) is 13.3 Å². The molecule has 0 saturated heterocycles. The summed E-state index contributed by atoms with van der Waals surface area (Å²) < 4.78 is 418. The first-order valence-electron chi connectivity index (χ1n) is 23.4. The Morgan fingerprint density at radius 2 is 0.253 bits per heavy atom. The van der Waals surface area contributed by atoms with Crippen LogP contribution in [0.3, 0.4) is 0 Å². The van der Waals surface area contributed by atoms with Crippen molar-refractivity contribution in [2.75, 3.05) is 0 Å². The van der Waals surface area contributed by atoms with Gasteiger partial charge in [0.05, 0.1) is 16.7 Å². The Kier molecular flexibility index (Phi) is 22.8. The van der Waals surface area contributed by atoms with Crippen LogP contribution in [0, 0.1) is 224 Å². The predicted octanol–water partition coefficient (Wildman–Crippen LogP) is 17.8. The van der Waals surface area contributed by atoms with Crippen molar-refractivity contribution in [1.82, 2.24) is 0 Å². The average molecular weight is 1370 g/mol. The molecular weight excluding hydrogens is 1330 g/mol. The monoisotopic (exact) mass is 1370 g/mol. The second-order valence-corrected chi connectivity index (χ2v) is 22.2. The largest absolute Gasteiger partial charge is 2.00 e. The van der Waals surface area contributed by atoms with Gasteiger partial charge in [-0.25, -0.2) is 119 Å². The summed E-state index contributed by atoms with van der Waals surface area (Å²) in [6, 6.07) is 0. The smallest absolute Gasteiger partial charge is 0.581 e. The molecule has 6 aromatic carbocycles. The Hall–Kier alpha value is -5.22. The molecule has 0 amide bonds. The Morgan fingerprint density at radius 3 is 0.379 bits per heavy atom. The summed E-state index contributed by atoms with van der Waals surface area (Å²) in [5.74, 6) is -86.6. The van der Waals surface area contributed by atoms with Crippen molar-refractivity contribution in [2.24, 2.45) is 0 Å². The van der Waals surface area contributed by atoms with Gasteiger partial charge in [-0.3, -0.25) is 0 Å². The van der Waals surface area contributed by atoms with Crippen LogP contribution >= 0.6 is 0 Å². The molecule has 30 heteroatoms. The van der Waals surface area contributed by atoms with Crippen LogP contribution in [0.15, 0.2) is 0 Å². The van der Waals surface area contributed by atoms with E-state index in [1.807, 2.05) is 0 Å². The van der Waals surface area contributed by atoms with Crippen LogP contribution in [0.25, 0.3) is 33.4 Å². The molecule has 0 aromatic heterocycles. The second-order valence-electron chi connectivity index (χ2n) is 19.0. The average Bonchev–Trinajstić information content (AvgIpc) is 1.21. The van der Waals surface area contributed by atoms with Crippen LogP contribution in [0.4, 0.5) is 122 Å². The fourth-order valence-corrected chi connectivity index (χ4v) is 13.8. The van der Waals surface area contributed by atoms with Crippen LogP contribution in [0.5, 0.6) is 0 Å². The zero-order chi connectivity index (χ0) is 65.1. The van der Waals surface area contributed by atoms with E-state index in [4.69, 9.17) is 0 Å². The normalized spacial score (nSPS) is 15.5. The molecule has 0 heterocycles. The summed E-state index contributed by atoms with van der Waals surface area (Å²) in [7, 11) is 0.